The van der Waals surface area contributed by atoms with Crippen LogP contribution >= 0.6 is 0 Å². The van der Waals surface area contributed by atoms with Crippen molar-refractivity contribution in [3.8, 4) is 22.3 Å². The first-order valence-electron chi connectivity index (χ1n) is 8.31. The Morgan fingerprint density at radius 2 is 1.75 bits per heavy atom. The second-order valence-electron chi connectivity index (χ2n) is 6.21. The molecule has 0 saturated carbocycles. The summed E-state index contributed by atoms with van der Waals surface area (Å²) in [5.74, 6) is 0.855. The number of aromatic nitrogens is 2. The number of aryl methyl sites for hydroxylation is 3. The summed E-state index contributed by atoms with van der Waals surface area (Å²) in [5, 5.41) is 5.29. The molecule has 0 saturated heterocycles. The number of nitrogens with one attached hydrogen (secondary N) is 1. The Bertz CT molecular complexity index is 987. The first-order chi connectivity index (χ1) is 11.7. The van der Waals surface area contributed by atoms with Crippen molar-refractivity contribution in [3.05, 3.63) is 65.7 Å². The molecular weight excluding hydrogens is 296 g/mol. The van der Waals surface area contributed by atoms with E-state index < -0.39 is 0 Å². The lowest BCUT2D eigenvalue weighted by Crippen LogP contribution is -1.83. The first-order valence-corrected chi connectivity index (χ1v) is 8.31. The normalized spacial score (nSPS) is 11.3. The SMILES string of the molecule is CCc1ccc(-c2c[nH]c3cc(-c4c(C)noc4C)ccc23)cc1. The molecule has 3 nitrogen and oxygen atoms in total. The molecule has 0 unspecified atom stereocenters. The van der Waals surface area contributed by atoms with Gasteiger partial charge in [-0.15, -0.1) is 0 Å². The Morgan fingerprint density at radius 3 is 2.42 bits per heavy atom. The highest BCUT2D eigenvalue weighted by atomic mass is 16.5. The molecule has 2 aromatic carbocycles. The molecule has 0 amide bonds. The number of nitrogens with zero attached hydrogens (tertiary/aromatic N) is 1. The fourth-order valence-corrected chi connectivity index (χ4v) is 3.34. The lowest BCUT2D eigenvalue weighted by atomic mass is 9.99. The molecule has 0 spiro atoms. The fourth-order valence-electron chi connectivity index (χ4n) is 3.34. The van der Waals surface area contributed by atoms with Gasteiger partial charge in [0.25, 0.3) is 0 Å². The minimum absolute atomic E-state index is 0.855. The zero-order chi connectivity index (χ0) is 16.7. The summed E-state index contributed by atoms with van der Waals surface area (Å²) < 4.78 is 5.30. The maximum Gasteiger partial charge on any atom is 0.141 e. The number of fused-ring (bicyclic) bond motifs is 1. The van der Waals surface area contributed by atoms with Crippen LogP contribution in [0, 0.1) is 13.8 Å². The predicted molar refractivity (Wildman–Crippen MR) is 98.1 cm³/mol. The third kappa shape index (κ3) is 2.33. The number of hydrogen-bond donors (Lipinski definition) is 1. The van der Waals surface area contributed by atoms with Crippen molar-refractivity contribution >= 4 is 10.9 Å². The van der Waals surface area contributed by atoms with Gasteiger partial charge in [0.2, 0.25) is 0 Å². The van der Waals surface area contributed by atoms with Gasteiger partial charge in [0.05, 0.1) is 5.69 Å². The predicted octanol–water partition coefficient (Wildman–Crippen LogP) is 5.67. The Morgan fingerprint density at radius 1 is 1.00 bits per heavy atom. The molecule has 2 heterocycles. The van der Waals surface area contributed by atoms with E-state index in [-0.39, 0.29) is 0 Å². The molecular formula is C21H20N2O. The molecule has 2 aromatic heterocycles. The van der Waals surface area contributed by atoms with Gasteiger partial charge in [-0.25, -0.2) is 0 Å². The van der Waals surface area contributed by atoms with Crippen LogP contribution in [0.15, 0.2) is 53.2 Å². The number of aromatic amines is 1. The summed E-state index contributed by atoms with van der Waals surface area (Å²) >= 11 is 0. The third-order valence-corrected chi connectivity index (χ3v) is 4.68. The van der Waals surface area contributed by atoms with E-state index >= 15 is 0 Å². The zero-order valence-electron chi connectivity index (χ0n) is 14.2. The summed E-state index contributed by atoms with van der Waals surface area (Å²) in [5.41, 5.74) is 8.10. The van der Waals surface area contributed by atoms with Gasteiger partial charge in [-0.05, 0) is 43.0 Å². The highest BCUT2D eigenvalue weighted by molar-refractivity contribution is 5.97. The molecule has 120 valence electrons. The average Bonchev–Trinajstić information content (AvgIpc) is 3.17. The van der Waals surface area contributed by atoms with Gasteiger partial charge >= 0.3 is 0 Å². The quantitative estimate of drug-likeness (QED) is 0.529. The Hall–Kier alpha value is -2.81. The zero-order valence-corrected chi connectivity index (χ0v) is 14.2. The molecule has 4 aromatic rings. The summed E-state index contributed by atoms with van der Waals surface area (Å²) in [6.45, 7) is 6.11. The highest BCUT2D eigenvalue weighted by Crippen LogP contribution is 2.33. The molecule has 0 radical (unpaired) electrons. The lowest BCUT2D eigenvalue weighted by molar-refractivity contribution is 0.393. The van der Waals surface area contributed by atoms with Gasteiger partial charge in [-0.2, -0.15) is 0 Å². The van der Waals surface area contributed by atoms with E-state index in [0.717, 1.165) is 34.5 Å². The standard InChI is InChI=1S/C21H20N2O/c1-4-15-5-7-16(8-6-15)19-12-22-20-11-17(9-10-18(19)20)21-13(2)23-24-14(21)3/h5-12,22H,4H2,1-3H3. The minimum atomic E-state index is 0.855. The molecule has 0 aliphatic heterocycles. The topological polar surface area (TPSA) is 41.8 Å². The van der Waals surface area contributed by atoms with Crippen LogP contribution in [-0.4, -0.2) is 10.1 Å². The molecule has 0 fully saturated rings. The van der Waals surface area contributed by atoms with Gasteiger partial charge < -0.3 is 9.51 Å². The maximum absolute atomic E-state index is 5.30. The summed E-state index contributed by atoms with van der Waals surface area (Å²) in [6.07, 6.45) is 3.15. The van der Waals surface area contributed by atoms with Gasteiger partial charge in [0.1, 0.15) is 5.76 Å². The number of rotatable bonds is 3. The van der Waals surface area contributed by atoms with Crippen molar-refractivity contribution in [1.82, 2.24) is 10.1 Å². The van der Waals surface area contributed by atoms with E-state index in [9.17, 15) is 0 Å². The van der Waals surface area contributed by atoms with Crippen LogP contribution in [0.3, 0.4) is 0 Å². The monoisotopic (exact) mass is 316 g/mol. The van der Waals surface area contributed by atoms with Gasteiger partial charge in [-0.1, -0.05) is 48.5 Å². The molecule has 3 heteroatoms. The van der Waals surface area contributed by atoms with Crippen molar-refractivity contribution in [2.45, 2.75) is 27.2 Å². The average molecular weight is 316 g/mol. The van der Waals surface area contributed by atoms with Crippen LogP contribution in [0.4, 0.5) is 0 Å². The third-order valence-electron chi connectivity index (χ3n) is 4.68. The van der Waals surface area contributed by atoms with Crippen LogP contribution in [0.5, 0.6) is 0 Å². The summed E-state index contributed by atoms with van der Waals surface area (Å²) in [7, 11) is 0. The second-order valence-corrected chi connectivity index (χ2v) is 6.21. The molecule has 0 aliphatic carbocycles. The minimum Gasteiger partial charge on any atom is -0.361 e. The van der Waals surface area contributed by atoms with E-state index in [1.54, 1.807) is 0 Å². The Kier molecular flexibility index (Phi) is 3.49. The largest absolute Gasteiger partial charge is 0.361 e. The van der Waals surface area contributed by atoms with E-state index in [0.29, 0.717) is 0 Å². The molecule has 24 heavy (non-hydrogen) atoms. The van der Waals surface area contributed by atoms with Gasteiger partial charge in [-0.3, -0.25) is 0 Å². The van der Waals surface area contributed by atoms with Crippen molar-refractivity contribution < 1.29 is 4.52 Å². The van der Waals surface area contributed by atoms with E-state index in [4.69, 9.17) is 4.52 Å². The van der Waals surface area contributed by atoms with Crippen LogP contribution in [-0.2, 0) is 6.42 Å². The lowest BCUT2D eigenvalue weighted by Gasteiger charge is -2.04. The van der Waals surface area contributed by atoms with Crippen molar-refractivity contribution in [2.75, 3.05) is 0 Å². The highest BCUT2D eigenvalue weighted by Gasteiger charge is 2.13. The van der Waals surface area contributed by atoms with E-state index in [1.165, 1.54) is 22.1 Å². The van der Waals surface area contributed by atoms with Crippen molar-refractivity contribution in [2.24, 2.45) is 0 Å². The molecule has 0 aliphatic rings. The molecule has 0 atom stereocenters. The van der Waals surface area contributed by atoms with Gasteiger partial charge in [0, 0.05) is 28.2 Å². The first kappa shape index (κ1) is 14.8. The maximum atomic E-state index is 5.30. The smallest absolute Gasteiger partial charge is 0.141 e. The molecule has 1 N–H and O–H groups in total. The fraction of sp³-hybridized carbons (Fsp3) is 0.190. The Balaban J connectivity index is 1.80. The number of benzene rings is 2. The van der Waals surface area contributed by atoms with Crippen LogP contribution in [0.2, 0.25) is 0 Å². The van der Waals surface area contributed by atoms with Crippen LogP contribution < -0.4 is 0 Å². The van der Waals surface area contributed by atoms with Crippen molar-refractivity contribution in [3.63, 3.8) is 0 Å². The second kappa shape index (κ2) is 5.68. The summed E-state index contributed by atoms with van der Waals surface area (Å²) in [4.78, 5) is 3.41. The number of H-pyrrole nitrogens is 1. The summed E-state index contributed by atoms with van der Waals surface area (Å²) in [6, 6.07) is 15.3. The Labute approximate surface area is 141 Å². The van der Waals surface area contributed by atoms with Crippen LogP contribution in [0.25, 0.3) is 33.2 Å². The molecule has 0 bridgehead atoms. The molecule has 4 rings (SSSR count). The van der Waals surface area contributed by atoms with Crippen molar-refractivity contribution in [1.29, 1.82) is 0 Å². The number of hydrogen-bond acceptors (Lipinski definition) is 2. The van der Waals surface area contributed by atoms with E-state index in [2.05, 4.69) is 65.7 Å². The van der Waals surface area contributed by atoms with Crippen LogP contribution in [0.1, 0.15) is 23.9 Å². The van der Waals surface area contributed by atoms with Gasteiger partial charge in [0.15, 0.2) is 0 Å². The van der Waals surface area contributed by atoms with E-state index in [1.807, 2.05) is 13.8 Å².